The standard InChI is InChI=1S/C19H21NO4/c1-22-15-9-6-14(7-10-15)8-11-19(21)20-12-16-13-23-17-4-2-3-5-18(17)24-16/h2-7,9-10,16H,8,11-13H2,1H3,(H,20,21)/t16-/m0/s1. The van der Waals surface area contributed by atoms with Gasteiger partial charge in [-0.1, -0.05) is 24.3 Å². The third kappa shape index (κ3) is 4.19. The summed E-state index contributed by atoms with van der Waals surface area (Å²) in [4.78, 5) is 12.0. The van der Waals surface area contributed by atoms with Crippen molar-refractivity contribution in [3.05, 3.63) is 54.1 Å². The molecule has 0 aromatic heterocycles. The summed E-state index contributed by atoms with van der Waals surface area (Å²) in [5, 5.41) is 2.91. The van der Waals surface area contributed by atoms with Crippen LogP contribution in [0, 0.1) is 0 Å². The van der Waals surface area contributed by atoms with Crippen LogP contribution in [0.5, 0.6) is 17.2 Å². The lowest BCUT2D eigenvalue weighted by Gasteiger charge is -2.26. The molecule has 0 saturated heterocycles. The summed E-state index contributed by atoms with van der Waals surface area (Å²) in [6, 6.07) is 15.3. The van der Waals surface area contributed by atoms with Gasteiger partial charge in [-0.05, 0) is 36.2 Å². The number of methoxy groups -OCH3 is 1. The SMILES string of the molecule is COc1ccc(CCC(=O)NC[C@H]2COc3ccccc3O2)cc1. The lowest BCUT2D eigenvalue weighted by atomic mass is 10.1. The molecule has 0 aliphatic carbocycles. The van der Waals surface area contributed by atoms with E-state index in [1.54, 1.807) is 7.11 Å². The number of aryl methyl sites for hydroxylation is 1. The van der Waals surface area contributed by atoms with Gasteiger partial charge in [-0.3, -0.25) is 4.79 Å². The highest BCUT2D eigenvalue weighted by Crippen LogP contribution is 2.30. The second-order valence-corrected chi connectivity index (χ2v) is 5.65. The van der Waals surface area contributed by atoms with Crippen LogP contribution in [0.25, 0.3) is 0 Å². The van der Waals surface area contributed by atoms with Gasteiger partial charge in [0.2, 0.25) is 5.91 Å². The van der Waals surface area contributed by atoms with Gasteiger partial charge in [-0.15, -0.1) is 0 Å². The Labute approximate surface area is 141 Å². The minimum Gasteiger partial charge on any atom is -0.497 e. The molecule has 5 heteroatoms. The summed E-state index contributed by atoms with van der Waals surface area (Å²) in [6.45, 7) is 0.881. The van der Waals surface area contributed by atoms with Crippen LogP contribution in [0.1, 0.15) is 12.0 Å². The molecule has 1 amide bonds. The molecule has 1 N–H and O–H groups in total. The van der Waals surface area contributed by atoms with E-state index in [1.165, 1.54) is 0 Å². The van der Waals surface area contributed by atoms with Gasteiger partial charge in [0.15, 0.2) is 11.5 Å². The molecular formula is C19H21NO4. The normalized spacial score (nSPS) is 15.6. The first-order chi connectivity index (χ1) is 11.7. The van der Waals surface area contributed by atoms with E-state index in [0.717, 1.165) is 22.8 Å². The number of fused-ring (bicyclic) bond motifs is 1. The number of nitrogens with one attached hydrogen (secondary N) is 1. The highest BCUT2D eigenvalue weighted by molar-refractivity contribution is 5.76. The summed E-state index contributed by atoms with van der Waals surface area (Å²) in [5.74, 6) is 2.30. The van der Waals surface area contributed by atoms with Crippen molar-refractivity contribution in [1.29, 1.82) is 0 Å². The minimum atomic E-state index is -0.162. The van der Waals surface area contributed by atoms with Crippen LogP contribution in [0.15, 0.2) is 48.5 Å². The number of carbonyl (C=O) groups is 1. The molecule has 24 heavy (non-hydrogen) atoms. The topological polar surface area (TPSA) is 56.8 Å². The molecule has 0 radical (unpaired) electrons. The van der Waals surface area contributed by atoms with Crippen LogP contribution < -0.4 is 19.5 Å². The second kappa shape index (κ2) is 7.73. The summed E-state index contributed by atoms with van der Waals surface area (Å²) in [5.41, 5.74) is 1.11. The summed E-state index contributed by atoms with van der Waals surface area (Å²) >= 11 is 0. The predicted octanol–water partition coefficient (Wildman–Crippen LogP) is 2.58. The van der Waals surface area contributed by atoms with Crippen LogP contribution in [0.2, 0.25) is 0 Å². The molecule has 1 heterocycles. The monoisotopic (exact) mass is 327 g/mol. The molecule has 2 aromatic carbocycles. The van der Waals surface area contributed by atoms with Crippen molar-refractivity contribution in [2.24, 2.45) is 0 Å². The van der Waals surface area contributed by atoms with Crippen molar-refractivity contribution in [3.63, 3.8) is 0 Å². The van der Waals surface area contributed by atoms with Crippen LogP contribution in [0.3, 0.4) is 0 Å². The van der Waals surface area contributed by atoms with Crippen molar-refractivity contribution >= 4 is 5.91 Å². The molecular weight excluding hydrogens is 306 g/mol. The summed E-state index contributed by atoms with van der Waals surface area (Å²) in [6.07, 6.45) is 0.974. The average molecular weight is 327 g/mol. The maximum Gasteiger partial charge on any atom is 0.220 e. The molecule has 0 fully saturated rings. The van der Waals surface area contributed by atoms with Crippen LogP contribution in [-0.4, -0.2) is 32.3 Å². The van der Waals surface area contributed by atoms with Gasteiger partial charge in [0, 0.05) is 6.42 Å². The zero-order chi connectivity index (χ0) is 16.8. The first-order valence-electron chi connectivity index (χ1n) is 8.02. The van der Waals surface area contributed by atoms with E-state index in [2.05, 4.69) is 5.32 Å². The third-order valence-corrected chi connectivity index (χ3v) is 3.89. The molecule has 1 aliphatic rings. The number of carbonyl (C=O) groups excluding carboxylic acids is 1. The van der Waals surface area contributed by atoms with E-state index in [4.69, 9.17) is 14.2 Å². The summed E-state index contributed by atoms with van der Waals surface area (Å²) < 4.78 is 16.6. The highest BCUT2D eigenvalue weighted by atomic mass is 16.6. The van der Waals surface area contributed by atoms with E-state index >= 15 is 0 Å². The lowest BCUT2D eigenvalue weighted by molar-refractivity contribution is -0.121. The molecule has 0 spiro atoms. The van der Waals surface area contributed by atoms with Crippen molar-refractivity contribution < 1.29 is 19.0 Å². The average Bonchev–Trinajstić information content (AvgIpc) is 2.65. The number of hydrogen-bond donors (Lipinski definition) is 1. The number of amides is 1. The van der Waals surface area contributed by atoms with E-state index in [9.17, 15) is 4.79 Å². The first kappa shape index (κ1) is 16.2. The molecule has 3 rings (SSSR count). The molecule has 0 unspecified atom stereocenters. The Morgan fingerprint density at radius 3 is 2.67 bits per heavy atom. The Morgan fingerprint density at radius 1 is 1.17 bits per heavy atom. The zero-order valence-electron chi connectivity index (χ0n) is 13.7. The second-order valence-electron chi connectivity index (χ2n) is 5.65. The third-order valence-electron chi connectivity index (χ3n) is 3.89. The molecule has 0 bridgehead atoms. The maximum atomic E-state index is 12.0. The van der Waals surface area contributed by atoms with E-state index < -0.39 is 0 Å². The fourth-order valence-corrected chi connectivity index (χ4v) is 2.53. The van der Waals surface area contributed by atoms with Gasteiger partial charge in [0.25, 0.3) is 0 Å². The molecule has 1 atom stereocenters. The van der Waals surface area contributed by atoms with Crippen molar-refractivity contribution in [1.82, 2.24) is 5.32 Å². The molecule has 1 aliphatic heterocycles. The Hall–Kier alpha value is -2.69. The minimum absolute atomic E-state index is 0.00766. The Morgan fingerprint density at radius 2 is 1.92 bits per heavy atom. The van der Waals surface area contributed by atoms with Crippen LogP contribution >= 0.6 is 0 Å². The molecule has 2 aromatic rings. The number of para-hydroxylation sites is 2. The highest BCUT2D eigenvalue weighted by Gasteiger charge is 2.20. The zero-order valence-corrected chi connectivity index (χ0v) is 13.7. The fourth-order valence-electron chi connectivity index (χ4n) is 2.53. The van der Waals surface area contributed by atoms with Crippen molar-refractivity contribution in [2.45, 2.75) is 18.9 Å². The predicted molar refractivity (Wildman–Crippen MR) is 90.7 cm³/mol. The molecule has 126 valence electrons. The van der Waals surface area contributed by atoms with Gasteiger partial charge in [0.1, 0.15) is 18.5 Å². The van der Waals surface area contributed by atoms with Crippen LogP contribution in [-0.2, 0) is 11.2 Å². The largest absolute Gasteiger partial charge is 0.497 e. The van der Waals surface area contributed by atoms with E-state index in [0.29, 0.717) is 26.0 Å². The summed E-state index contributed by atoms with van der Waals surface area (Å²) in [7, 11) is 1.64. The first-order valence-corrected chi connectivity index (χ1v) is 8.02. The molecule has 0 saturated carbocycles. The van der Waals surface area contributed by atoms with Crippen molar-refractivity contribution in [3.8, 4) is 17.2 Å². The number of hydrogen-bond acceptors (Lipinski definition) is 4. The fraction of sp³-hybridized carbons (Fsp3) is 0.316. The van der Waals surface area contributed by atoms with Gasteiger partial charge in [-0.2, -0.15) is 0 Å². The van der Waals surface area contributed by atoms with Gasteiger partial charge in [0.05, 0.1) is 13.7 Å². The van der Waals surface area contributed by atoms with Crippen LogP contribution in [0.4, 0.5) is 0 Å². The Balaban J connectivity index is 1.41. The number of rotatable bonds is 6. The van der Waals surface area contributed by atoms with Gasteiger partial charge < -0.3 is 19.5 Å². The van der Waals surface area contributed by atoms with E-state index in [1.807, 2.05) is 48.5 Å². The number of benzene rings is 2. The Bertz CT molecular complexity index is 684. The van der Waals surface area contributed by atoms with Gasteiger partial charge in [-0.25, -0.2) is 0 Å². The smallest absolute Gasteiger partial charge is 0.220 e. The maximum absolute atomic E-state index is 12.0. The van der Waals surface area contributed by atoms with Crippen molar-refractivity contribution in [2.75, 3.05) is 20.3 Å². The molecule has 5 nitrogen and oxygen atoms in total. The van der Waals surface area contributed by atoms with Gasteiger partial charge >= 0.3 is 0 Å². The quantitative estimate of drug-likeness (QED) is 0.886. The number of ether oxygens (including phenoxy) is 3. The Kier molecular flexibility index (Phi) is 5.21. The van der Waals surface area contributed by atoms with E-state index in [-0.39, 0.29) is 12.0 Å². The lowest BCUT2D eigenvalue weighted by Crippen LogP contribution is -2.40.